The van der Waals surface area contributed by atoms with Gasteiger partial charge in [-0.05, 0) is 42.7 Å². The molecule has 1 heterocycles. The Kier molecular flexibility index (Phi) is 3.83. The Morgan fingerprint density at radius 3 is 2.86 bits per heavy atom. The zero-order chi connectivity index (χ0) is 15.5. The maximum atomic E-state index is 12.2. The van der Waals surface area contributed by atoms with Gasteiger partial charge in [-0.2, -0.15) is 0 Å². The van der Waals surface area contributed by atoms with Gasteiger partial charge in [-0.15, -0.1) is 0 Å². The molecule has 1 aromatic heterocycles. The van der Waals surface area contributed by atoms with Crippen LogP contribution in [0.3, 0.4) is 0 Å². The van der Waals surface area contributed by atoms with Crippen LogP contribution in [0.1, 0.15) is 21.5 Å². The second kappa shape index (κ2) is 5.93. The van der Waals surface area contributed by atoms with Crippen LogP contribution in [-0.2, 0) is 6.42 Å². The van der Waals surface area contributed by atoms with E-state index in [-0.39, 0.29) is 11.7 Å². The molecule has 22 heavy (non-hydrogen) atoms. The summed E-state index contributed by atoms with van der Waals surface area (Å²) in [7, 11) is 0. The summed E-state index contributed by atoms with van der Waals surface area (Å²) in [6.07, 6.45) is 2.66. The lowest BCUT2D eigenvalue weighted by atomic mass is 10.1. The topological polar surface area (TPSA) is 65.1 Å². The third-order valence-corrected chi connectivity index (χ3v) is 3.82. The second-order valence-electron chi connectivity index (χ2n) is 5.36. The summed E-state index contributed by atoms with van der Waals surface area (Å²) < 4.78 is 0. The van der Waals surface area contributed by atoms with E-state index in [0.29, 0.717) is 12.1 Å². The molecule has 3 aromatic rings. The number of H-pyrrole nitrogens is 1. The zero-order valence-electron chi connectivity index (χ0n) is 12.4. The Bertz CT molecular complexity index is 821. The molecule has 0 aliphatic heterocycles. The molecule has 0 fully saturated rings. The summed E-state index contributed by atoms with van der Waals surface area (Å²) in [6.45, 7) is 2.50. The number of carbonyl (C=O) groups excluding carboxylic acids is 1. The van der Waals surface area contributed by atoms with Crippen LogP contribution in [0.4, 0.5) is 0 Å². The zero-order valence-corrected chi connectivity index (χ0v) is 12.4. The van der Waals surface area contributed by atoms with Gasteiger partial charge in [0, 0.05) is 35.3 Å². The van der Waals surface area contributed by atoms with Gasteiger partial charge < -0.3 is 15.4 Å². The number of nitrogens with one attached hydrogen (secondary N) is 2. The van der Waals surface area contributed by atoms with Gasteiger partial charge in [-0.3, -0.25) is 4.79 Å². The molecule has 0 saturated heterocycles. The van der Waals surface area contributed by atoms with Crippen LogP contribution in [0, 0.1) is 6.92 Å². The summed E-state index contributed by atoms with van der Waals surface area (Å²) in [4.78, 5) is 15.3. The van der Waals surface area contributed by atoms with Crippen LogP contribution >= 0.6 is 0 Å². The number of aromatic nitrogens is 1. The van der Waals surface area contributed by atoms with Gasteiger partial charge in [0.1, 0.15) is 5.75 Å². The lowest BCUT2D eigenvalue weighted by Gasteiger charge is -2.07. The number of carbonyl (C=O) groups is 1. The van der Waals surface area contributed by atoms with Crippen molar-refractivity contribution in [3.63, 3.8) is 0 Å². The molecule has 3 N–H and O–H groups in total. The van der Waals surface area contributed by atoms with E-state index >= 15 is 0 Å². The fourth-order valence-electron chi connectivity index (χ4n) is 2.61. The van der Waals surface area contributed by atoms with Gasteiger partial charge in [0.2, 0.25) is 0 Å². The van der Waals surface area contributed by atoms with Crippen LogP contribution in [0.25, 0.3) is 10.9 Å². The largest absolute Gasteiger partial charge is 0.508 e. The van der Waals surface area contributed by atoms with Crippen LogP contribution < -0.4 is 5.32 Å². The van der Waals surface area contributed by atoms with Crippen molar-refractivity contribution in [1.82, 2.24) is 10.3 Å². The molecule has 0 spiro atoms. The first-order valence-corrected chi connectivity index (χ1v) is 7.28. The van der Waals surface area contributed by atoms with E-state index in [1.165, 1.54) is 0 Å². The van der Waals surface area contributed by atoms with E-state index in [0.717, 1.165) is 28.5 Å². The number of hydrogen-bond donors (Lipinski definition) is 3. The van der Waals surface area contributed by atoms with Crippen molar-refractivity contribution >= 4 is 16.8 Å². The highest BCUT2D eigenvalue weighted by molar-refractivity contribution is 5.95. The molecule has 0 atom stereocenters. The smallest absolute Gasteiger partial charge is 0.251 e. The normalized spacial score (nSPS) is 10.8. The van der Waals surface area contributed by atoms with E-state index in [1.807, 2.05) is 43.5 Å². The number of aromatic amines is 1. The Morgan fingerprint density at radius 2 is 2.05 bits per heavy atom. The fourth-order valence-corrected chi connectivity index (χ4v) is 2.61. The average Bonchev–Trinajstić information content (AvgIpc) is 2.90. The van der Waals surface area contributed by atoms with E-state index in [2.05, 4.69) is 10.3 Å². The predicted octanol–water partition coefficient (Wildman–Crippen LogP) is 3.15. The molecule has 4 heteroatoms. The molecule has 3 rings (SSSR count). The Morgan fingerprint density at radius 1 is 1.23 bits per heavy atom. The first kappa shape index (κ1) is 14.2. The van der Waals surface area contributed by atoms with Crippen molar-refractivity contribution in [1.29, 1.82) is 0 Å². The molecule has 0 unspecified atom stereocenters. The molecule has 112 valence electrons. The van der Waals surface area contributed by atoms with Crippen LogP contribution in [-0.4, -0.2) is 22.5 Å². The molecule has 0 aliphatic rings. The summed E-state index contributed by atoms with van der Waals surface area (Å²) in [5.41, 5.74) is 3.72. The maximum absolute atomic E-state index is 12.2. The number of rotatable bonds is 4. The van der Waals surface area contributed by atoms with Gasteiger partial charge in [0.15, 0.2) is 0 Å². The minimum atomic E-state index is -0.0458. The maximum Gasteiger partial charge on any atom is 0.251 e. The van der Waals surface area contributed by atoms with Crippen molar-refractivity contribution < 1.29 is 9.90 Å². The number of amides is 1. The van der Waals surface area contributed by atoms with E-state index in [4.69, 9.17) is 0 Å². The van der Waals surface area contributed by atoms with Crippen LogP contribution in [0.2, 0.25) is 0 Å². The molecule has 0 radical (unpaired) electrons. The van der Waals surface area contributed by atoms with E-state index < -0.39 is 0 Å². The van der Waals surface area contributed by atoms with Gasteiger partial charge in [0.25, 0.3) is 5.91 Å². The van der Waals surface area contributed by atoms with Gasteiger partial charge >= 0.3 is 0 Å². The third-order valence-electron chi connectivity index (χ3n) is 3.82. The summed E-state index contributed by atoms with van der Waals surface area (Å²) in [6, 6.07) is 12.8. The number of phenolic OH excluding ortho intramolecular Hbond substituents is 1. The first-order chi connectivity index (χ1) is 10.6. The van der Waals surface area contributed by atoms with Crippen molar-refractivity contribution in [2.24, 2.45) is 0 Å². The molecular weight excluding hydrogens is 276 g/mol. The van der Waals surface area contributed by atoms with E-state index in [1.54, 1.807) is 12.1 Å². The summed E-state index contributed by atoms with van der Waals surface area (Å²) in [5, 5.41) is 13.5. The Labute approximate surface area is 128 Å². The van der Waals surface area contributed by atoms with Crippen molar-refractivity contribution in [3.05, 3.63) is 65.4 Å². The number of hydrogen-bond acceptors (Lipinski definition) is 2. The second-order valence-corrected chi connectivity index (χ2v) is 5.36. The van der Waals surface area contributed by atoms with Crippen molar-refractivity contribution in [2.75, 3.05) is 6.54 Å². The molecule has 1 amide bonds. The van der Waals surface area contributed by atoms with E-state index in [9.17, 15) is 9.90 Å². The summed E-state index contributed by atoms with van der Waals surface area (Å²) >= 11 is 0. The van der Waals surface area contributed by atoms with Crippen LogP contribution in [0.15, 0.2) is 48.7 Å². The van der Waals surface area contributed by atoms with Crippen LogP contribution in [0.5, 0.6) is 5.75 Å². The molecule has 0 saturated carbocycles. The highest BCUT2D eigenvalue weighted by Gasteiger charge is 2.08. The Balaban J connectivity index is 1.65. The quantitative estimate of drug-likeness (QED) is 0.692. The molecule has 2 aromatic carbocycles. The molecular formula is C18H18N2O2. The number of aryl methyl sites for hydroxylation is 1. The first-order valence-electron chi connectivity index (χ1n) is 7.28. The molecule has 0 aliphatic carbocycles. The Hall–Kier alpha value is -2.75. The number of aromatic hydroxyl groups is 1. The van der Waals surface area contributed by atoms with Crippen molar-refractivity contribution in [3.8, 4) is 5.75 Å². The molecule has 4 nitrogen and oxygen atoms in total. The fraction of sp³-hybridized carbons (Fsp3) is 0.167. The van der Waals surface area contributed by atoms with Gasteiger partial charge in [-0.25, -0.2) is 0 Å². The number of fused-ring (bicyclic) bond motifs is 1. The monoisotopic (exact) mass is 294 g/mol. The third kappa shape index (κ3) is 2.81. The average molecular weight is 294 g/mol. The molecule has 0 bridgehead atoms. The predicted molar refractivity (Wildman–Crippen MR) is 87.2 cm³/mol. The number of benzene rings is 2. The minimum absolute atomic E-state index is 0.0458. The summed E-state index contributed by atoms with van der Waals surface area (Å²) in [5.74, 6) is 0.198. The van der Waals surface area contributed by atoms with Gasteiger partial charge in [-0.1, -0.05) is 18.2 Å². The van der Waals surface area contributed by atoms with Gasteiger partial charge in [0.05, 0.1) is 0 Å². The highest BCUT2D eigenvalue weighted by atomic mass is 16.3. The number of phenols is 1. The lowest BCUT2D eigenvalue weighted by Crippen LogP contribution is -2.26. The standard InChI is InChI=1S/C18H18N2O2/c1-12-4-2-3-5-15(12)18(22)19-9-8-13-11-20-17-10-14(21)6-7-16(13)17/h2-7,10-11,20-21H,8-9H2,1H3,(H,19,22). The SMILES string of the molecule is Cc1ccccc1C(=O)NCCc1c[nH]c2cc(O)ccc12. The lowest BCUT2D eigenvalue weighted by molar-refractivity contribution is 0.0953. The highest BCUT2D eigenvalue weighted by Crippen LogP contribution is 2.22. The minimum Gasteiger partial charge on any atom is -0.508 e. The van der Waals surface area contributed by atoms with Crippen molar-refractivity contribution in [2.45, 2.75) is 13.3 Å².